The molecule has 2 rings (SSSR count). The minimum atomic E-state index is -0.101. The summed E-state index contributed by atoms with van der Waals surface area (Å²) in [5.74, 6) is 0.244. The Kier molecular flexibility index (Phi) is 2.65. The van der Waals surface area contributed by atoms with E-state index >= 15 is 0 Å². The maximum absolute atomic E-state index is 13.6. The van der Waals surface area contributed by atoms with Crippen LogP contribution in [0.25, 0.3) is 0 Å². The average Bonchev–Trinajstić information content (AvgIpc) is 2.62. The van der Waals surface area contributed by atoms with Crippen molar-refractivity contribution in [3.8, 4) is 0 Å². The van der Waals surface area contributed by atoms with Crippen molar-refractivity contribution in [2.24, 2.45) is 0 Å². The molecule has 1 heterocycles. The van der Waals surface area contributed by atoms with Crippen LogP contribution in [0.3, 0.4) is 0 Å². The molecule has 0 aliphatic carbocycles. The molecule has 70 valence electrons. The molecule has 0 radical (unpaired) electrons. The number of hydrogen-bond donors (Lipinski definition) is 1. The van der Waals surface area contributed by atoms with Gasteiger partial charge in [-0.1, -0.05) is 12.1 Å². The second-order valence-corrected chi connectivity index (χ2v) is 4.19. The number of nitrogens with one attached hydrogen (secondary N) is 1. The summed E-state index contributed by atoms with van der Waals surface area (Å²) in [5.41, 5.74) is 0.833. The Labute approximate surface area is 85.5 Å². The van der Waals surface area contributed by atoms with Crippen LogP contribution in [-0.2, 0) is 0 Å². The molecular formula is C10H11BrFN. The number of benzene rings is 1. The molecule has 1 N–H and O–H groups in total. The molecule has 1 fully saturated rings. The second-order valence-electron chi connectivity index (χ2n) is 3.33. The van der Waals surface area contributed by atoms with E-state index < -0.39 is 0 Å². The van der Waals surface area contributed by atoms with Gasteiger partial charge < -0.3 is 5.32 Å². The van der Waals surface area contributed by atoms with Crippen LogP contribution in [0.4, 0.5) is 4.39 Å². The van der Waals surface area contributed by atoms with Gasteiger partial charge in [-0.2, -0.15) is 0 Å². The molecule has 1 atom stereocenters. The zero-order chi connectivity index (χ0) is 9.26. The zero-order valence-corrected chi connectivity index (χ0v) is 8.77. The first kappa shape index (κ1) is 9.16. The van der Waals surface area contributed by atoms with Gasteiger partial charge in [0, 0.05) is 12.5 Å². The Hall–Kier alpha value is -0.410. The first-order valence-electron chi connectivity index (χ1n) is 4.43. The van der Waals surface area contributed by atoms with Gasteiger partial charge in [-0.15, -0.1) is 0 Å². The van der Waals surface area contributed by atoms with E-state index in [1.165, 1.54) is 0 Å². The van der Waals surface area contributed by atoms with Crippen LogP contribution in [0.1, 0.15) is 17.9 Å². The van der Waals surface area contributed by atoms with Gasteiger partial charge in [0.05, 0.1) is 4.47 Å². The van der Waals surface area contributed by atoms with E-state index in [9.17, 15) is 4.39 Å². The normalized spacial score (nSPS) is 22.2. The topological polar surface area (TPSA) is 12.0 Å². The molecule has 13 heavy (non-hydrogen) atoms. The molecule has 0 spiro atoms. The highest BCUT2D eigenvalue weighted by atomic mass is 79.9. The Bertz CT molecular complexity index is 308. The van der Waals surface area contributed by atoms with Crippen LogP contribution in [0.5, 0.6) is 0 Å². The smallest absolute Gasteiger partial charge is 0.140 e. The van der Waals surface area contributed by atoms with Gasteiger partial charge in [0.2, 0.25) is 0 Å². The fourth-order valence-electron chi connectivity index (χ4n) is 1.76. The van der Waals surface area contributed by atoms with Gasteiger partial charge in [-0.3, -0.25) is 0 Å². The monoisotopic (exact) mass is 243 g/mol. The number of rotatable bonds is 1. The van der Waals surface area contributed by atoms with Gasteiger partial charge in [-0.25, -0.2) is 4.39 Å². The molecule has 0 aromatic heterocycles. The van der Waals surface area contributed by atoms with Gasteiger partial charge >= 0.3 is 0 Å². The lowest BCUT2D eigenvalue weighted by Gasteiger charge is -2.10. The van der Waals surface area contributed by atoms with Crippen LogP contribution in [0.15, 0.2) is 22.7 Å². The van der Waals surface area contributed by atoms with Crippen LogP contribution in [0.2, 0.25) is 0 Å². The van der Waals surface area contributed by atoms with Gasteiger partial charge in [0.25, 0.3) is 0 Å². The van der Waals surface area contributed by atoms with Crippen LogP contribution in [-0.4, -0.2) is 13.1 Å². The van der Waals surface area contributed by atoms with E-state index in [2.05, 4.69) is 21.2 Å². The van der Waals surface area contributed by atoms with Crippen molar-refractivity contribution >= 4 is 15.9 Å². The minimum Gasteiger partial charge on any atom is -0.316 e. The summed E-state index contributed by atoms with van der Waals surface area (Å²) in [6.07, 6.45) is 1.04. The summed E-state index contributed by atoms with van der Waals surface area (Å²) in [4.78, 5) is 0. The SMILES string of the molecule is Fc1c(Br)cccc1C1CCNC1. The third-order valence-corrected chi connectivity index (χ3v) is 3.09. The predicted octanol–water partition coefficient (Wildman–Crippen LogP) is 2.67. The molecule has 1 nitrogen and oxygen atoms in total. The molecule has 1 aromatic carbocycles. The van der Waals surface area contributed by atoms with Gasteiger partial charge in [0.1, 0.15) is 5.82 Å². The van der Waals surface area contributed by atoms with E-state index in [4.69, 9.17) is 0 Å². The largest absolute Gasteiger partial charge is 0.316 e. The average molecular weight is 244 g/mol. The summed E-state index contributed by atoms with van der Waals surface area (Å²) in [5, 5.41) is 3.24. The third kappa shape index (κ3) is 1.76. The maximum Gasteiger partial charge on any atom is 0.140 e. The molecule has 1 aromatic rings. The second kappa shape index (κ2) is 3.76. The summed E-state index contributed by atoms with van der Waals surface area (Å²) in [6, 6.07) is 5.50. The van der Waals surface area contributed by atoms with E-state index in [-0.39, 0.29) is 5.82 Å². The van der Waals surface area contributed by atoms with Crippen molar-refractivity contribution in [1.82, 2.24) is 5.32 Å². The summed E-state index contributed by atoms with van der Waals surface area (Å²) in [7, 11) is 0. The standard InChI is InChI=1S/C10H11BrFN/c11-9-3-1-2-8(10(9)12)7-4-5-13-6-7/h1-3,7,13H,4-6H2. The first-order chi connectivity index (χ1) is 6.29. The fraction of sp³-hybridized carbons (Fsp3) is 0.400. The number of hydrogen-bond acceptors (Lipinski definition) is 1. The third-order valence-electron chi connectivity index (χ3n) is 2.48. The van der Waals surface area contributed by atoms with Crippen molar-refractivity contribution in [3.63, 3.8) is 0 Å². The van der Waals surface area contributed by atoms with Crippen molar-refractivity contribution in [1.29, 1.82) is 0 Å². The summed E-state index contributed by atoms with van der Waals surface area (Å²) < 4.78 is 14.1. The highest BCUT2D eigenvalue weighted by Gasteiger charge is 2.20. The van der Waals surface area contributed by atoms with Crippen LogP contribution in [0, 0.1) is 5.82 Å². The minimum absolute atomic E-state index is 0.101. The Morgan fingerprint density at radius 1 is 1.46 bits per heavy atom. The van der Waals surface area contributed by atoms with Crippen molar-refractivity contribution in [3.05, 3.63) is 34.1 Å². The molecule has 1 aliphatic heterocycles. The van der Waals surface area contributed by atoms with Crippen LogP contribution >= 0.6 is 15.9 Å². The fourth-order valence-corrected chi connectivity index (χ4v) is 2.14. The molecular weight excluding hydrogens is 233 g/mol. The molecule has 1 unspecified atom stereocenters. The van der Waals surface area contributed by atoms with E-state index in [0.29, 0.717) is 10.4 Å². The highest BCUT2D eigenvalue weighted by Crippen LogP contribution is 2.28. The van der Waals surface area contributed by atoms with Gasteiger partial charge in [0.15, 0.2) is 0 Å². The highest BCUT2D eigenvalue weighted by molar-refractivity contribution is 9.10. The first-order valence-corrected chi connectivity index (χ1v) is 5.23. The molecule has 1 saturated heterocycles. The van der Waals surface area contributed by atoms with Crippen molar-refractivity contribution in [2.45, 2.75) is 12.3 Å². The van der Waals surface area contributed by atoms with E-state index in [0.717, 1.165) is 25.1 Å². The summed E-state index contributed by atoms with van der Waals surface area (Å²) >= 11 is 3.20. The Morgan fingerprint density at radius 2 is 2.31 bits per heavy atom. The Balaban J connectivity index is 2.33. The lowest BCUT2D eigenvalue weighted by molar-refractivity contribution is 0.582. The summed E-state index contributed by atoms with van der Waals surface area (Å²) in [6.45, 7) is 1.89. The maximum atomic E-state index is 13.6. The van der Waals surface area contributed by atoms with E-state index in [1.807, 2.05) is 12.1 Å². The quantitative estimate of drug-likeness (QED) is 0.800. The molecule has 3 heteroatoms. The molecule has 1 aliphatic rings. The lowest BCUT2D eigenvalue weighted by Crippen LogP contribution is -2.09. The number of halogens is 2. The molecule has 0 saturated carbocycles. The Morgan fingerprint density at radius 3 is 3.00 bits per heavy atom. The predicted molar refractivity (Wildman–Crippen MR) is 54.3 cm³/mol. The lowest BCUT2D eigenvalue weighted by atomic mass is 9.98. The zero-order valence-electron chi connectivity index (χ0n) is 7.19. The van der Waals surface area contributed by atoms with Crippen molar-refractivity contribution in [2.75, 3.05) is 13.1 Å². The van der Waals surface area contributed by atoms with E-state index in [1.54, 1.807) is 6.07 Å². The van der Waals surface area contributed by atoms with Crippen molar-refractivity contribution < 1.29 is 4.39 Å². The molecule has 0 amide bonds. The van der Waals surface area contributed by atoms with Crippen LogP contribution < -0.4 is 5.32 Å². The van der Waals surface area contributed by atoms with Gasteiger partial charge in [-0.05, 0) is 40.5 Å². The molecule has 0 bridgehead atoms.